The predicted molar refractivity (Wildman–Crippen MR) is 107 cm³/mol. The lowest BCUT2D eigenvalue weighted by atomic mass is 10.0. The number of carbonyl (C=O) groups is 1. The summed E-state index contributed by atoms with van der Waals surface area (Å²) >= 11 is 8.11. The zero-order valence-corrected chi connectivity index (χ0v) is 16.7. The summed E-state index contributed by atoms with van der Waals surface area (Å²) < 4.78 is 11.1. The Kier molecular flexibility index (Phi) is 5.86. The molecule has 1 aromatic heterocycles. The molecule has 5 nitrogen and oxygen atoms in total. The van der Waals surface area contributed by atoms with Crippen LogP contribution in [-0.4, -0.2) is 43.2 Å². The molecule has 1 unspecified atom stereocenters. The average Bonchev–Trinajstić information content (AvgIpc) is 3.15. The second-order valence-corrected chi connectivity index (χ2v) is 8.42. The molecule has 0 saturated carbocycles. The number of halogens is 1. The lowest BCUT2D eigenvalue weighted by molar-refractivity contribution is -0.121. The van der Waals surface area contributed by atoms with Crippen molar-refractivity contribution in [2.75, 3.05) is 26.3 Å². The minimum Gasteiger partial charge on any atom is -0.486 e. The summed E-state index contributed by atoms with van der Waals surface area (Å²) in [5.74, 6) is 1.30. The summed E-state index contributed by atoms with van der Waals surface area (Å²) in [6, 6.07) is 7.99. The molecule has 0 bridgehead atoms. The fourth-order valence-corrected chi connectivity index (χ4v) is 4.60. The van der Waals surface area contributed by atoms with Crippen molar-refractivity contribution in [1.82, 2.24) is 10.2 Å². The number of hydrogen-bond donors (Lipinski definition) is 1. The fraction of sp³-hybridized carbons (Fsp3) is 0.450. The standard InChI is InChI=1S/C20H23ClN2O3S/c21-17-11-19-18(25-6-7-26-19)9-14(17)10-20(24)22-15-3-1-5-23(12-15)13-16-4-2-8-27-16/h2,4,8-9,11,15H,1,3,5-7,10,12-13H2,(H,22,24). The van der Waals surface area contributed by atoms with E-state index in [0.717, 1.165) is 38.0 Å². The first-order valence-electron chi connectivity index (χ1n) is 9.29. The van der Waals surface area contributed by atoms with E-state index in [4.69, 9.17) is 21.1 Å². The molecule has 4 rings (SSSR count). The van der Waals surface area contributed by atoms with E-state index < -0.39 is 0 Å². The number of amides is 1. The van der Waals surface area contributed by atoms with Crippen molar-refractivity contribution in [3.8, 4) is 11.5 Å². The minimum atomic E-state index is -0.00319. The summed E-state index contributed by atoms with van der Waals surface area (Å²) in [5.41, 5.74) is 0.768. The van der Waals surface area contributed by atoms with Gasteiger partial charge in [-0.3, -0.25) is 9.69 Å². The molecule has 1 amide bonds. The molecule has 2 aliphatic heterocycles. The number of likely N-dealkylation sites (tertiary alicyclic amines) is 1. The van der Waals surface area contributed by atoms with Gasteiger partial charge in [0.15, 0.2) is 11.5 Å². The highest BCUT2D eigenvalue weighted by Gasteiger charge is 2.23. The van der Waals surface area contributed by atoms with Gasteiger partial charge in [0.2, 0.25) is 5.91 Å². The quantitative estimate of drug-likeness (QED) is 0.825. The lowest BCUT2D eigenvalue weighted by Gasteiger charge is -2.32. The van der Waals surface area contributed by atoms with Crippen molar-refractivity contribution >= 4 is 28.8 Å². The number of piperidine rings is 1. The highest BCUT2D eigenvalue weighted by molar-refractivity contribution is 7.09. The van der Waals surface area contributed by atoms with Gasteiger partial charge in [0.05, 0.1) is 6.42 Å². The molecule has 1 atom stereocenters. The maximum absolute atomic E-state index is 12.6. The first-order valence-corrected chi connectivity index (χ1v) is 10.6. The number of nitrogens with one attached hydrogen (secondary N) is 1. The Morgan fingerprint density at radius 2 is 2.11 bits per heavy atom. The van der Waals surface area contributed by atoms with E-state index in [9.17, 15) is 4.79 Å². The molecule has 144 valence electrons. The maximum atomic E-state index is 12.6. The highest BCUT2D eigenvalue weighted by Crippen LogP contribution is 2.35. The minimum absolute atomic E-state index is 0.00319. The normalized spacial score (nSPS) is 19.7. The molecule has 27 heavy (non-hydrogen) atoms. The molecule has 2 aromatic rings. The number of hydrogen-bond acceptors (Lipinski definition) is 5. The first kappa shape index (κ1) is 18.6. The molecule has 3 heterocycles. The van der Waals surface area contributed by atoms with Gasteiger partial charge in [0.1, 0.15) is 13.2 Å². The zero-order valence-electron chi connectivity index (χ0n) is 15.1. The van der Waals surface area contributed by atoms with E-state index in [2.05, 4.69) is 27.7 Å². The number of benzene rings is 1. The predicted octanol–water partition coefficient (Wildman–Crippen LogP) is 3.50. The highest BCUT2D eigenvalue weighted by atomic mass is 35.5. The van der Waals surface area contributed by atoms with Gasteiger partial charge in [-0.05, 0) is 42.5 Å². The second kappa shape index (κ2) is 8.50. The molecule has 0 aliphatic carbocycles. The van der Waals surface area contributed by atoms with Gasteiger partial charge in [-0.15, -0.1) is 11.3 Å². The van der Waals surface area contributed by atoms with E-state index in [1.165, 1.54) is 4.88 Å². The number of ether oxygens (including phenoxy) is 2. The maximum Gasteiger partial charge on any atom is 0.224 e. The van der Waals surface area contributed by atoms with Gasteiger partial charge in [-0.25, -0.2) is 0 Å². The van der Waals surface area contributed by atoms with E-state index >= 15 is 0 Å². The Bertz CT molecular complexity index is 797. The Labute approximate surface area is 168 Å². The molecule has 1 fully saturated rings. The van der Waals surface area contributed by atoms with Crippen LogP contribution < -0.4 is 14.8 Å². The lowest BCUT2D eigenvalue weighted by Crippen LogP contribution is -2.47. The van der Waals surface area contributed by atoms with Crippen LogP contribution in [0.15, 0.2) is 29.6 Å². The molecular formula is C20H23ClN2O3S. The number of fused-ring (bicyclic) bond motifs is 1. The van der Waals surface area contributed by atoms with Gasteiger partial charge >= 0.3 is 0 Å². The third-order valence-corrected chi connectivity index (χ3v) is 6.11. The van der Waals surface area contributed by atoms with Gasteiger partial charge in [-0.1, -0.05) is 17.7 Å². The van der Waals surface area contributed by atoms with Crippen LogP contribution in [0.1, 0.15) is 23.3 Å². The summed E-state index contributed by atoms with van der Waals surface area (Å²) in [5, 5.41) is 5.82. The van der Waals surface area contributed by atoms with Crippen molar-refractivity contribution in [3.05, 3.63) is 45.1 Å². The number of nitrogens with zero attached hydrogens (tertiary/aromatic N) is 1. The number of carbonyl (C=O) groups excluding carboxylic acids is 1. The van der Waals surface area contributed by atoms with E-state index in [-0.39, 0.29) is 18.4 Å². The number of thiophene rings is 1. The summed E-state index contributed by atoms with van der Waals surface area (Å²) in [7, 11) is 0. The van der Waals surface area contributed by atoms with E-state index in [1.54, 1.807) is 17.4 Å². The van der Waals surface area contributed by atoms with Crippen LogP contribution in [0.5, 0.6) is 11.5 Å². The van der Waals surface area contributed by atoms with Crippen molar-refractivity contribution in [1.29, 1.82) is 0 Å². The van der Waals surface area contributed by atoms with Crippen LogP contribution in [0.2, 0.25) is 5.02 Å². The third kappa shape index (κ3) is 4.75. The summed E-state index contributed by atoms with van der Waals surface area (Å²) in [4.78, 5) is 16.3. The first-order chi connectivity index (χ1) is 13.2. The van der Waals surface area contributed by atoms with Crippen LogP contribution >= 0.6 is 22.9 Å². The van der Waals surface area contributed by atoms with Gasteiger partial charge in [0, 0.05) is 35.1 Å². The SMILES string of the molecule is O=C(Cc1cc2c(cc1Cl)OCCO2)NC1CCCN(Cc2cccs2)C1. The van der Waals surface area contributed by atoms with E-state index in [0.29, 0.717) is 29.7 Å². The monoisotopic (exact) mass is 406 g/mol. The van der Waals surface area contributed by atoms with Gasteiger partial charge in [-0.2, -0.15) is 0 Å². The molecule has 2 aliphatic rings. The topological polar surface area (TPSA) is 50.8 Å². The van der Waals surface area contributed by atoms with Crippen molar-refractivity contribution in [2.24, 2.45) is 0 Å². The van der Waals surface area contributed by atoms with Gasteiger partial charge in [0.25, 0.3) is 0 Å². The van der Waals surface area contributed by atoms with Crippen molar-refractivity contribution in [2.45, 2.75) is 31.8 Å². The molecular weight excluding hydrogens is 384 g/mol. The molecule has 1 N–H and O–H groups in total. The molecule has 1 aromatic carbocycles. The van der Waals surface area contributed by atoms with E-state index in [1.807, 2.05) is 6.07 Å². The van der Waals surface area contributed by atoms with Gasteiger partial charge < -0.3 is 14.8 Å². The Balaban J connectivity index is 1.33. The van der Waals surface area contributed by atoms with Crippen LogP contribution in [0.25, 0.3) is 0 Å². The fourth-order valence-electron chi connectivity index (χ4n) is 3.63. The summed E-state index contributed by atoms with van der Waals surface area (Å²) in [6.07, 6.45) is 2.36. The average molecular weight is 407 g/mol. The van der Waals surface area contributed by atoms with Crippen molar-refractivity contribution < 1.29 is 14.3 Å². The third-order valence-electron chi connectivity index (χ3n) is 4.89. The molecule has 0 radical (unpaired) electrons. The molecule has 0 spiro atoms. The molecule has 1 saturated heterocycles. The Hall–Kier alpha value is -1.76. The Morgan fingerprint density at radius 3 is 2.89 bits per heavy atom. The zero-order chi connectivity index (χ0) is 18.6. The van der Waals surface area contributed by atoms with Crippen LogP contribution in [0.3, 0.4) is 0 Å². The van der Waals surface area contributed by atoms with Crippen LogP contribution in [0, 0.1) is 0 Å². The number of rotatable bonds is 5. The van der Waals surface area contributed by atoms with Crippen molar-refractivity contribution in [3.63, 3.8) is 0 Å². The largest absolute Gasteiger partial charge is 0.486 e. The van der Waals surface area contributed by atoms with Crippen LogP contribution in [0.4, 0.5) is 0 Å². The Morgan fingerprint density at radius 1 is 1.30 bits per heavy atom. The summed E-state index contributed by atoms with van der Waals surface area (Å²) in [6.45, 7) is 3.96. The van der Waals surface area contributed by atoms with Crippen LogP contribution in [-0.2, 0) is 17.8 Å². The molecule has 7 heteroatoms. The second-order valence-electron chi connectivity index (χ2n) is 6.99. The smallest absolute Gasteiger partial charge is 0.224 e.